The molecular weight excluding hydrogens is 253 g/mol. The summed E-state index contributed by atoms with van der Waals surface area (Å²) in [5, 5.41) is 3.54. The van der Waals surface area contributed by atoms with Crippen LogP contribution >= 0.6 is 11.6 Å². The molecule has 1 N–H and O–H groups in total. The molecule has 0 amide bonds. The fraction of sp³-hybridized carbons (Fsp3) is 0.143. The Morgan fingerprint density at radius 1 is 1.17 bits per heavy atom. The summed E-state index contributed by atoms with van der Waals surface area (Å²) >= 11 is 6.07. The smallest absolute Gasteiger partial charge is 0.138 e. The van der Waals surface area contributed by atoms with Gasteiger partial charge < -0.3 is 10.1 Å². The Morgan fingerprint density at radius 2 is 1.89 bits per heavy atom. The summed E-state index contributed by atoms with van der Waals surface area (Å²) in [5.74, 6) is 0.357. The van der Waals surface area contributed by atoms with E-state index < -0.39 is 0 Å². The minimum atomic E-state index is -0.254. The van der Waals surface area contributed by atoms with Gasteiger partial charge in [0.1, 0.15) is 18.2 Å². The van der Waals surface area contributed by atoms with Crippen LogP contribution in [0.1, 0.15) is 5.56 Å². The second kappa shape index (κ2) is 5.74. The Hall–Kier alpha value is -1.74. The van der Waals surface area contributed by atoms with Crippen LogP contribution in [0.15, 0.2) is 42.5 Å². The second-order valence-corrected chi connectivity index (χ2v) is 4.22. The lowest BCUT2D eigenvalue weighted by molar-refractivity contribution is 0.306. The zero-order valence-electron chi connectivity index (χ0n) is 9.91. The monoisotopic (exact) mass is 265 g/mol. The lowest BCUT2D eigenvalue weighted by atomic mass is 10.2. The van der Waals surface area contributed by atoms with Crippen LogP contribution in [0.4, 0.5) is 10.1 Å². The van der Waals surface area contributed by atoms with E-state index >= 15 is 0 Å². The second-order valence-electron chi connectivity index (χ2n) is 3.81. The summed E-state index contributed by atoms with van der Waals surface area (Å²) in [4.78, 5) is 0. The Balaban J connectivity index is 2.04. The highest BCUT2D eigenvalue weighted by Gasteiger charge is 2.03. The molecule has 0 heterocycles. The van der Waals surface area contributed by atoms with Gasteiger partial charge >= 0.3 is 0 Å². The maximum absolute atomic E-state index is 12.7. The van der Waals surface area contributed by atoms with Crippen molar-refractivity contribution in [2.75, 3.05) is 12.4 Å². The van der Waals surface area contributed by atoms with E-state index in [1.165, 1.54) is 12.1 Å². The third-order valence-electron chi connectivity index (χ3n) is 2.53. The molecule has 0 spiro atoms. The van der Waals surface area contributed by atoms with Crippen molar-refractivity contribution in [1.29, 1.82) is 0 Å². The lowest BCUT2D eigenvalue weighted by Crippen LogP contribution is -1.96. The zero-order chi connectivity index (χ0) is 13.0. The molecular formula is C14H13ClFNO. The Morgan fingerprint density at radius 3 is 2.50 bits per heavy atom. The van der Waals surface area contributed by atoms with Crippen LogP contribution in [0, 0.1) is 5.82 Å². The number of hydrogen-bond acceptors (Lipinski definition) is 2. The quantitative estimate of drug-likeness (QED) is 0.899. The van der Waals surface area contributed by atoms with Gasteiger partial charge in [-0.2, -0.15) is 0 Å². The van der Waals surface area contributed by atoms with Crippen molar-refractivity contribution in [3.05, 3.63) is 58.9 Å². The minimum Gasteiger partial charge on any atom is -0.487 e. The van der Waals surface area contributed by atoms with Crippen molar-refractivity contribution < 1.29 is 9.13 Å². The van der Waals surface area contributed by atoms with E-state index in [9.17, 15) is 4.39 Å². The normalized spacial score (nSPS) is 10.2. The first-order valence-electron chi connectivity index (χ1n) is 5.53. The first-order valence-corrected chi connectivity index (χ1v) is 5.91. The number of rotatable bonds is 4. The van der Waals surface area contributed by atoms with E-state index in [-0.39, 0.29) is 5.82 Å². The van der Waals surface area contributed by atoms with Crippen LogP contribution in [0.3, 0.4) is 0 Å². The molecule has 94 valence electrons. The van der Waals surface area contributed by atoms with Crippen LogP contribution in [0.2, 0.25) is 5.02 Å². The van der Waals surface area contributed by atoms with E-state index in [0.717, 1.165) is 11.3 Å². The van der Waals surface area contributed by atoms with E-state index in [1.54, 1.807) is 24.3 Å². The average molecular weight is 266 g/mol. The zero-order valence-corrected chi connectivity index (χ0v) is 10.7. The molecule has 0 aliphatic heterocycles. The largest absolute Gasteiger partial charge is 0.487 e. The van der Waals surface area contributed by atoms with E-state index in [2.05, 4.69) is 5.32 Å². The minimum absolute atomic E-state index is 0.254. The first-order chi connectivity index (χ1) is 8.69. The summed E-state index contributed by atoms with van der Waals surface area (Å²) in [6, 6.07) is 11.7. The number of anilines is 1. The maximum atomic E-state index is 12.7. The molecule has 4 heteroatoms. The standard InChI is InChI=1S/C14H13ClFNO/c1-17-12-6-7-14(13(15)8-12)18-9-10-2-4-11(16)5-3-10/h2-8,17H,9H2,1H3. The molecule has 0 aliphatic carbocycles. The van der Waals surface area contributed by atoms with Crippen molar-refractivity contribution in [2.45, 2.75) is 6.61 Å². The average Bonchev–Trinajstić information content (AvgIpc) is 2.39. The van der Waals surface area contributed by atoms with Crippen molar-refractivity contribution in [1.82, 2.24) is 0 Å². The van der Waals surface area contributed by atoms with E-state index in [1.807, 2.05) is 13.1 Å². The van der Waals surface area contributed by atoms with Crippen molar-refractivity contribution in [2.24, 2.45) is 0 Å². The van der Waals surface area contributed by atoms with Gasteiger partial charge in [-0.1, -0.05) is 23.7 Å². The van der Waals surface area contributed by atoms with Crippen molar-refractivity contribution in [3.8, 4) is 5.75 Å². The molecule has 2 nitrogen and oxygen atoms in total. The molecule has 0 saturated carbocycles. The number of nitrogens with one attached hydrogen (secondary N) is 1. The Bertz CT molecular complexity index is 528. The maximum Gasteiger partial charge on any atom is 0.138 e. The Kier molecular flexibility index (Phi) is 4.05. The molecule has 0 aliphatic rings. The van der Waals surface area contributed by atoms with E-state index in [0.29, 0.717) is 17.4 Å². The van der Waals surface area contributed by atoms with Gasteiger partial charge in [0.25, 0.3) is 0 Å². The van der Waals surface area contributed by atoms with Gasteiger partial charge in [-0.25, -0.2) is 4.39 Å². The highest BCUT2D eigenvalue weighted by molar-refractivity contribution is 6.32. The fourth-order valence-electron chi connectivity index (χ4n) is 1.52. The summed E-state index contributed by atoms with van der Waals surface area (Å²) in [6.07, 6.45) is 0. The van der Waals surface area contributed by atoms with Gasteiger partial charge in [0.05, 0.1) is 5.02 Å². The number of ether oxygens (including phenoxy) is 1. The van der Waals surface area contributed by atoms with Gasteiger partial charge in [-0.15, -0.1) is 0 Å². The topological polar surface area (TPSA) is 21.3 Å². The fourth-order valence-corrected chi connectivity index (χ4v) is 1.75. The predicted octanol–water partition coefficient (Wildman–Crippen LogP) is 4.10. The van der Waals surface area contributed by atoms with Crippen LogP contribution in [-0.4, -0.2) is 7.05 Å². The summed E-state index contributed by atoms with van der Waals surface area (Å²) in [7, 11) is 1.82. The van der Waals surface area contributed by atoms with Crippen molar-refractivity contribution in [3.63, 3.8) is 0 Å². The molecule has 0 saturated heterocycles. The van der Waals surface area contributed by atoms with Gasteiger partial charge in [0, 0.05) is 12.7 Å². The van der Waals surface area contributed by atoms with Gasteiger partial charge in [-0.3, -0.25) is 0 Å². The molecule has 0 atom stereocenters. The molecule has 2 aromatic rings. The molecule has 0 unspecified atom stereocenters. The van der Waals surface area contributed by atoms with Crippen LogP contribution in [0.25, 0.3) is 0 Å². The lowest BCUT2D eigenvalue weighted by Gasteiger charge is -2.09. The predicted molar refractivity (Wildman–Crippen MR) is 71.7 cm³/mol. The van der Waals surface area contributed by atoms with Crippen LogP contribution < -0.4 is 10.1 Å². The highest BCUT2D eigenvalue weighted by Crippen LogP contribution is 2.28. The summed E-state index contributed by atoms with van der Waals surface area (Å²) < 4.78 is 18.3. The number of hydrogen-bond donors (Lipinski definition) is 1. The Labute approximate surface area is 110 Å². The van der Waals surface area contributed by atoms with Crippen LogP contribution in [-0.2, 0) is 6.61 Å². The molecule has 0 radical (unpaired) electrons. The summed E-state index contributed by atoms with van der Waals surface area (Å²) in [5.41, 5.74) is 1.82. The van der Waals surface area contributed by atoms with Gasteiger partial charge in [0.15, 0.2) is 0 Å². The van der Waals surface area contributed by atoms with Crippen molar-refractivity contribution >= 4 is 17.3 Å². The molecule has 18 heavy (non-hydrogen) atoms. The van der Waals surface area contributed by atoms with Gasteiger partial charge in [0.2, 0.25) is 0 Å². The third-order valence-corrected chi connectivity index (χ3v) is 2.82. The first kappa shape index (κ1) is 12.7. The molecule has 2 rings (SSSR count). The van der Waals surface area contributed by atoms with E-state index in [4.69, 9.17) is 16.3 Å². The SMILES string of the molecule is CNc1ccc(OCc2ccc(F)cc2)c(Cl)c1. The summed E-state index contributed by atoms with van der Waals surface area (Å²) in [6.45, 7) is 0.360. The molecule has 2 aromatic carbocycles. The number of halogens is 2. The third kappa shape index (κ3) is 3.14. The van der Waals surface area contributed by atoms with Gasteiger partial charge in [-0.05, 0) is 35.9 Å². The molecule has 0 bridgehead atoms. The highest BCUT2D eigenvalue weighted by atomic mass is 35.5. The number of benzene rings is 2. The molecule has 0 aromatic heterocycles. The van der Waals surface area contributed by atoms with Crippen LogP contribution in [0.5, 0.6) is 5.75 Å². The molecule has 0 fully saturated rings.